The highest BCUT2D eigenvalue weighted by molar-refractivity contribution is 5.81. The van der Waals surface area contributed by atoms with Crippen molar-refractivity contribution in [3.63, 3.8) is 0 Å². The first-order valence-corrected chi connectivity index (χ1v) is 6.07. The molecule has 2 unspecified atom stereocenters. The summed E-state index contributed by atoms with van der Waals surface area (Å²) in [6, 6.07) is 0. The Balaban J connectivity index is 2.31. The molecular formula is C12H23NO. The minimum Gasteiger partial charge on any atom is -0.356 e. The van der Waals surface area contributed by atoms with Gasteiger partial charge in [-0.1, -0.05) is 39.5 Å². The van der Waals surface area contributed by atoms with Crippen LogP contribution in [0.3, 0.4) is 0 Å². The normalized spacial score (nSPS) is 26.6. The van der Waals surface area contributed by atoms with Gasteiger partial charge in [-0.05, 0) is 18.8 Å². The smallest absolute Gasteiger partial charge is 0.223 e. The van der Waals surface area contributed by atoms with Crippen LogP contribution in [-0.2, 0) is 4.79 Å². The van der Waals surface area contributed by atoms with E-state index in [1.54, 1.807) is 0 Å². The van der Waals surface area contributed by atoms with E-state index in [9.17, 15) is 4.79 Å². The molecular weight excluding hydrogens is 174 g/mol. The van der Waals surface area contributed by atoms with Gasteiger partial charge in [0.05, 0.1) is 0 Å². The van der Waals surface area contributed by atoms with Crippen LogP contribution < -0.4 is 5.32 Å². The summed E-state index contributed by atoms with van der Waals surface area (Å²) in [5.41, 5.74) is 0. The van der Waals surface area contributed by atoms with E-state index in [1.807, 2.05) is 0 Å². The molecule has 0 aromatic carbocycles. The van der Waals surface area contributed by atoms with E-state index in [2.05, 4.69) is 19.2 Å². The summed E-state index contributed by atoms with van der Waals surface area (Å²) in [6.45, 7) is 5.31. The zero-order valence-corrected chi connectivity index (χ0v) is 9.51. The number of carbonyl (C=O) groups excluding carboxylic acids is 1. The predicted molar refractivity (Wildman–Crippen MR) is 59.0 cm³/mol. The van der Waals surface area contributed by atoms with Crippen LogP contribution in [0.25, 0.3) is 0 Å². The number of amides is 1. The van der Waals surface area contributed by atoms with Crippen molar-refractivity contribution in [3.8, 4) is 0 Å². The summed E-state index contributed by atoms with van der Waals surface area (Å²) in [5.74, 6) is 1.24. The number of nitrogens with one attached hydrogen (secondary N) is 1. The fourth-order valence-electron chi connectivity index (χ4n) is 2.36. The quantitative estimate of drug-likeness (QED) is 0.652. The maximum atomic E-state index is 11.5. The van der Waals surface area contributed by atoms with E-state index in [0.29, 0.717) is 17.7 Å². The molecule has 14 heavy (non-hydrogen) atoms. The van der Waals surface area contributed by atoms with E-state index in [4.69, 9.17) is 0 Å². The molecule has 82 valence electrons. The van der Waals surface area contributed by atoms with Gasteiger partial charge in [-0.2, -0.15) is 0 Å². The molecule has 1 heterocycles. The second-order valence-electron chi connectivity index (χ2n) is 4.40. The molecule has 0 aromatic heterocycles. The van der Waals surface area contributed by atoms with Gasteiger partial charge in [0.15, 0.2) is 0 Å². The first-order chi connectivity index (χ1) is 6.79. The average Bonchev–Trinajstić information content (AvgIpc) is 2.51. The average molecular weight is 197 g/mol. The van der Waals surface area contributed by atoms with Crippen LogP contribution in [0.4, 0.5) is 0 Å². The van der Waals surface area contributed by atoms with Gasteiger partial charge in [-0.15, -0.1) is 0 Å². The molecule has 2 nitrogen and oxygen atoms in total. The zero-order valence-electron chi connectivity index (χ0n) is 9.51. The molecule has 1 amide bonds. The molecule has 0 spiro atoms. The van der Waals surface area contributed by atoms with Crippen LogP contribution in [-0.4, -0.2) is 12.5 Å². The molecule has 1 rings (SSSR count). The maximum absolute atomic E-state index is 11.5. The van der Waals surface area contributed by atoms with Gasteiger partial charge < -0.3 is 5.32 Å². The van der Waals surface area contributed by atoms with Gasteiger partial charge in [-0.3, -0.25) is 4.79 Å². The molecule has 0 radical (unpaired) electrons. The van der Waals surface area contributed by atoms with Gasteiger partial charge in [-0.25, -0.2) is 0 Å². The second kappa shape index (κ2) is 6.05. The molecule has 0 aromatic rings. The van der Waals surface area contributed by atoms with Gasteiger partial charge in [0.25, 0.3) is 0 Å². The van der Waals surface area contributed by atoms with Crippen LogP contribution in [0, 0.1) is 11.8 Å². The lowest BCUT2D eigenvalue weighted by molar-refractivity contribution is -0.123. The molecule has 1 aliphatic heterocycles. The summed E-state index contributed by atoms with van der Waals surface area (Å²) in [6.07, 6.45) is 7.30. The Labute approximate surface area is 87.5 Å². The topological polar surface area (TPSA) is 29.1 Å². The fraction of sp³-hybridized carbons (Fsp3) is 0.917. The van der Waals surface area contributed by atoms with Crippen molar-refractivity contribution >= 4 is 5.91 Å². The van der Waals surface area contributed by atoms with Crippen LogP contribution in [0.15, 0.2) is 0 Å². The van der Waals surface area contributed by atoms with Gasteiger partial charge in [0.2, 0.25) is 5.91 Å². The first-order valence-electron chi connectivity index (χ1n) is 6.07. The van der Waals surface area contributed by atoms with E-state index < -0.39 is 0 Å². The van der Waals surface area contributed by atoms with Crippen LogP contribution in [0.2, 0.25) is 0 Å². The third-order valence-electron chi connectivity index (χ3n) is 3.22. The van der Waals surface area contributed by atoms with Crippen LogP contribution >= 0.6 is 0 Å². The van der Waals surface area contributed by atoms with Gasteiger partial charge >= 0.3 is 0 Å². The van der Waals surface area contributed by atoms with Gasteiger partial charge in [0, 0.05) is 12.5 Å². The first kappa shape index (κ1) is 11.5. The highest BCUT2D eigenvalue weighted by Crippen LogP contribution is 2.27. The number of hydrogen-bond acceptors (Lipinski definition) is 1. The molecule has 1 fully saturated rings. The van der Waals surface area contributed by atoms with Crippen molar-refractivity contribution in [1.29, 1.82) is 0 Å². The Morgan fingerprint density at radius 3 is 2.64 bits per heavy atom. The third-order valence-corrected chi connectivity index (χ3v) is 3.22. The summed E-state index contributed by atoms with van der Waals surface area (Å²) < 4.78 is 0. The second-order valence-corrected chi connectivity index (χ2v) is 4.40. The summed E-state index contributed by atoms with van der Waals surface area (Å²) in [4.78, 5) is 11.5. The molecule has 1 aliphatic rings. The molecule has 0 aliphatic carbocycles. The number of carbonyl (C=O) groups is 1. The Bertz CT molecular complexity index is 179. The summed E-state index contributed by atoms with van der Waals surface area (Å²) in [7, 11) is 0. The minimum absolute atomic E-state index is 0.299. The van der Waals surface area contributed by atoms with Crippen LogP contribution in [0.5, 0.6) is 0 Å². The molecule has 0 saturated carbocycles. The Hall–Kier alpha value is -0.530. The lowest BCUT2D eigenvalue weighted by Gasteiger charge is -2.15. The van der Waals surface area contributed by atoms with Crippen molar-refractivity contribution < 1.29 is 4.79 Å². The van der Waals surface area contributed by atoms with Crippen molar-refractivity contribution in [3.05, 3.63) is 0 Å². The number of hydrogen-bond donors (Lipinski definition) is 1. The van der Waals surface area contributed by atoms with Crippen molar-refractivity contribution in [2.75, 3.05) is 6.54 Å². The molecule has 2 atom stereocenters. The van der Waals surface area contributed by atoms with E-state index in [1.165, 1.54) is 25.7 Å². The van der Waals surface area contributed by atoms with Gasteiger partial charge in [0.1, 0.15) is 0 Å². The fourth-order valence-corrected chi connectivity index (χ4v) is 2.36. The van der Waals surface area contributed by atoms with Crippen molar-refractivity contribution in [2.24, 2.45) is 11.8 Å². The minimum atomic E-state index is 0.299. The zero-order chi connectivity index (χ0) is 10.4. The standard InChI is InChI=1S/C12H23NO/c1-3-5-6-8-10-9-13-12(14)11(10)7-4-2/h10-11H,3-9H2,1-2H3,(H,13,14). The molecule has 0 bridgehead atoms. The lowest BCUT2D eigenvalue weighted by Crippen LogP contribution is -2.19. The Kier molecular flexibility index (Phi) is 4.99. The van der Waals surface area contributed by atoms with E-state index >= 15 is 0 Å². The molecule has 1 saturated heterocycles. The lowest BCUT2D eigenvalue weighted by atomic mass is 9.87. The largest absolute Gasteiger partial charge is 0.356 e. The van der Waals surface area contributed by atoms with Crippen molar-refractivity contribution in [2.45, 2.75) is 52.4 Å². The number of unbranched alkanes of at least 4 members (excludes halogenated alkanes) is 2. The Morgan fingerprint density at radius 2 is 2.00 bits per heavy atom. The molecule has 2 heteroatoms. The Morgan fingerprint density at radius 1 is 1.21 bits per heavy atom. The van der Waals surface area contributed by atoms with Crippen molar-refractivity contribution in [1.82, 2.24) is 5.32 Å². The highest BCUT2D eigenvalue weighted by Gasteiger charge is 2.32. The molecule has 1 N–H and O–H groups in total. The number of rotatable bonds is 6. The third kappa shape index (κ3) is 3.00. The SMILES string of the molecule is CCCCCC1CNC(=O)C1CCC. The van der Waals surface area contributed by atoms with E-state index in [-0.39, 0.29) is 0 Å². The highest BCUT2D eigenvalue weighted by atomic mass is 16.2. The summed E-state index contributed by atoms with van der Waals surface area (Å²) in [5, 5.41) is 2.99. The predicted octanol–water partition coefficient (Wildman–Crippen LogP) is 2.73. The van der Waals surface area contributed by atoms with Crippen LogP contribution in [0.1, 0.15) is 52.4 Å². The maximum Gasteiger partial charge on any atom is 0.223 e. The monoisotopic (exact) mass is 197 g/mol. The summed E-state index contributed by atoms with van der Waals surface area (Å²) >= 11 is 0. The van der Waals surface area contributed by atoms with E-state index in [0.717, 1.165) is 19.4 Å².